The van der Waals surface area contributed by atoms with E-state index in [9.17, 15) is 23.1 Å². The lowest BCUT2D eigenvalue weighted by Crippen LogP contribution is -2.39. The molecular weight excluding hydrogens is 663 g/mol. The molecule has 16 heteroatoms. The van der Waals surface area contributed by atoms with E-state index in [1.165, 1.54) is 17.1 Å². The number of likely N-dealkylation sites (N-methyl/N-ethyl adjacent to an activating group) is 1. The molecule has 260 valence electrons. The molecule has 12 nitrogen and oxygen atoms in total. The summed E-state index contributed by atoms with van der Waals surface area (Å²) in [7, 11) is 1.79. The SMILES string of the molecule is CCc1ncnc(-c2ccc3oc(C)nc3c2)[nH]n(Cc2ccc(C(F)(F)F)cc2Cl)c(=O)c1N(CCNC)CCC1=NCNC(C)=C1O. The molecule has 0 saturated heterocycles. The number of hydrogen-bond acceptors (Lipinski definition) is 10. The molecule has 0 fully saturated rings. The highest BCUT2D eigenvalue weighted by molar-refractivity contribution is 6.31. The summed E-state index contributed by atoms with van der Waals surface area (Å²) < 4.78 is 47.3. The van der Waals surface area contributed by atoms with Crippen molar-refractivity contribution in [2.24, 2.45) is 4.99 Å². The smallest absolute Gasteiger partial charge is 0.416 e. The number of aliphatic imine (C=N–C) groups is 1. The Hall–Kier alpha value is -4.89. The Morgan fingerprint density at radius 2 is 1.94 bits per heavy atom. The Kier molecular flexibility index (Phi) is 10.9. The average molecular weight is 700 g/mol. The van der Waals surface area contributed by atoms with Crippen molar-refractivity contribution in [3.05, 3.63) is 92.3 Å². The molecular formula is C33H37ClF3N9O3. The van der Waals surface area contributed by atoms with Gasteiger partial charge < -0.3 is 25.1 Å². The highest BCUT2D eigenvalue weighted by Gasteiger charge is 2.31. The third-order valence-electron chi connectivity index (χ3n) is 7.98. The molecule has 0 radical (unpaired) electrons. The molecule has 0 aliphatic carbocycles. The van der Waals surface area contributed by atoms with Gasteiger partial charge in [-0.1, -0.05) is 24.6 Å². The molecule has 0 amide bonds. The zero-order valence-electron chi connectivity index (χ0n) is 27.5. The Morgan fingerprint density at radius 3 is 2.65 bits per heavy atom. The molecule has 49 heavy (non-hydrogen) atoms. The number of aromatic amines is 1. The molecule has 4 N–H and O–H groups in total. The van der Waals surface area contributed by atoms with Gasteiger partial charge in [0.05, 0.1) is 29.2 Å². The number of anilines is 1. The standard InChI is InChI=1S/C33H37ClF3N9O3/c1-5-25-29(45(13-11-38-4)12-10-26-30(47)19(2)39-17-41-26)32(48)46(16-22-6-8-23(15-24(22)34)33(35,36)37)44-31(42-18-40-25)21-7-9-28-27(14-21)43-20(3)49-28/h6-9,14-15,18,38-39,47H,5,10-13,16-17H2,1-4H3,(H,40,42,44). The fraction of sp³-hybridized carbons (Fsp3) is 0.364. The highest BCUT2D eigenvalue weighted by atomic mass is 35.5. The summed E-state index contributed by atoms with van der Waals surface area (Å²) in [6.07, 6.45) is -2.56. The average Bonchev–Trinajstić information content (AvgIpc) is 3.46. The lowest BCUT2D eigenvalue weighted by Gasteiger charge is -2.26. The van der Waals surface area contributed by atoms with Crippen LogP contribution in [-0.4, -0.2) is 68.9 Å². The van der Waals surface area contributed by atoms with Crippen LogP contribution in [0.1, 0.15) is 43.0 Å². The molecule has 2 aromatic heterocycles. The second-order valence-corrected chi connectivity index (χ2v) is 11.8. The normalized spacial score (nSPS) is 13.3. The van der Waals surface area contributed by atoms with Crippen molar-refractivity contribution in [3.63, 3.8) is 0 Å². The number of oxazole rings is 1. The second-order valence-electron chi connectivity index (χ2n) is 11.3. The fourth-order valence-electron chi connectivity index (χ4n) is 5.36. The number of rotatable bonds is 11. The van der Waals surface area contributed by atoms with E-state index >= 15 is 0 Å². The van der Waals surface area contributed by atoms with Crippen LogP contribution in [0.2, 0.25) is 5.02 Å². The molecule has 5 rings (SSSR count). The summed E-state index contributed by atoms with van der Waals surface area (Å²) in [4.78, 5) is 34.6. The van der Waals surface area contributed by atoms with Gasteiger partial charge >= 0.3 is 6.18 Å². The van der Waals surface area contributed by atoms with Crippen molar-refractivity contribution in [2.45, 2.75) is 46.3 Å². The molecule has 0 saturated carbocycles. The van der Waals surface area contributed by atoms with E-state index in [-0.39, 0.29) is 34.4 Å². The number of hydrogen-bond donors (Lipinski definition) is 4. The number of aryl methyl sites for hydroxylation is 2. The summed E-state index contributed by atoms with van der Waals surface area (Å²) in [6.45, 7) is 6.63. The predicted octanol–water partition coefficient (Wildman–Crippen LogP) is 5.70. The van der Waals surface area contributed by atoms with Crippen molar-refractivity contribution in [1.82, 2.24) is 35.4 Å². The monoisotopic (exact) mass is 699 g/mol. The Labute approximate surface area is 285 Å². The predicted molar refractivity (Wildman–Crippen MR) is 182 cm³/mol. The van der Waals surface area contributed by atoms with Gasteiger partial charge in [-0.2, -0.15) is 13.2 Å². The number of nitrogens with zero attached hydrogens (tertiary/aromatic N) is 6. The number of aliphatic hydroxyl groups is 1. The Balaban J connectivity index is 1.71. The van der Waals surface area contributed by atoms with Crippen molar-refractivity contribution < 1.29 is 22.7 Å². The number of aliphatic hydroxyl groups excluding tert-OH is 1. The van der Waals surface area contributed by atoms with Gasteiger partial charge in [-0.3, -0.25) is 14.9 Å². The largest absolute Gasteiger partial charge is 0.504 e. The van der Waals surface area contributed by atoms with Crippen LogP contribution >= 0.6 is 11.6 Å². The third-order valence-corrected chi connectivity index (χ3v) is 8.34. The van der Waals surface area contributed by atoms with E-state index in [1.54, 1.807) is 39.1 Å². The summed E-state index contributed by atoms with van der Waals surface area (Å²) >= 11 is 6.40. The first-order valence-electron chi connectivity index (χ1n) is 15.6. The quantitative estimate of drug-likeness (QED) is 0.155. The summed E-state index contributed by atoms with van der Waals surface area (Å²) in [6, 6.07) is 8.23. The fourth-order valence-corrected chi connectivity index (χ4v) is 5.60. The van der Waals surface area contributed by atoms with Gasteiger partial charge in [0, 0.05) is 43.6 Å². The highest BCUT2D eigenvalue weighted by Crippen LogP contribution is 2.32. The number of allylic oxidation sites excluding steroid dienone is 2. The Bertz CT molecular complexity index is 2020. The first kappa shape index (κ1) is 35.4. The zero-order valence-corrected chi connectivity index (χ0v) is 28.2. The number of H-pyrrole nitrogens is 1. The first-order valence-corrected chi connectivity index (χ1v) is 16.0. The number of aromatic nitrogens is 5. The minimum absolute atomic E-state index is 0.0564. The molecule has 2 aromatic carbocycles. The van der Waals surface area contributed by atoms with Gasteiger partial charge in [0.15, 0.2) is 23.1 Å². The maximum atomic E-state index is 14.8. The molecule has 0 spiro atoms. The van der Waals surface area contributed by atoms with Crippen LogP contribution in [0.5, 0.6) is 0 Å². The number of alkyl halides is 3. The van der Waals surface area contributed by atoms with Gasteiger partial charge in [-0.15, -0.1) is 0 Å². The topological polar surface area (TPSA) is 149 Å². The van der Waals surface area contributed by atoms with Crippen LogP contribution in [0, 0.1) is 6.92 Å². The number of halogens is 4. The van der Waals surface area contributed by atoms with E-state index < -0.39 is 17.3 Å². The number of nitrogens with one attached hydrogen (secondary N) is 3. The van der Waals surface area contributed by atoms with E-state index in [1.807, 2.05) is 11.8 Å². The zero-order chi connectivity index (χ0) is 35.3. The minimum atomic E-state index is -4.59. The van der Waals surface area contributed by atoms with Crippen molar-refractivity contribution in [1.29, 1.82) is 0 Å². The summed E-state index contributed by atoms with van der Waals surface area (Å²) in [5.74, 6) is 0.765. The Morgan fingerprint density at radius 1 is 1.14 bits per heavy atom. The molecule has 0 unspecified atom stereocenters. The molecule has 1 aliphatic heterocycles. The van der Waals surface area contributed by atoms with Crippen molar-refractivity contribution >= 4 is 34.1 Å². The summed E-state index contributed by atoms with van der Waals surface area (Å²) in [5.41, 5.74) is 2.32. The van der Waals surface area contributed by atoms with Crippen molar-refractivity contribution in [3.8, 4) is 11.4 Å². The molecule has 3 heterocycles. The van der Waals surface area contributed by atoms with Crippen LogP contribution in [0.4, 0.5) is 18.9 Å². The van der Waals surface area contributed by atoms with Crippen LogP contribution in [0.3, 0.4) is 0 Å². The van der Waals surface area contributed by atoms with Crippen LogP contribution in [-0.2, 0) is 19.1 Å². The van der Waals surface area contributed by atoms with Gasteiger partial charge in [0.2, 0.25) is 0 Å². The molecule has 0 atom stereocenters. The van der Waals surface area contributed by atoms with E-state index in [2.05, 4.69) is 35.7 Å². The van der Waals surface area contributed by atoms with Gasteiger partial charge in [0.25, 0.3) is 5.56 Å². The number of benzene rings is 2. The van der Waals surface area contributed by atoms with Gasteiger partial charge in [-0.05, 0) is 56.3 Å². The number of fused-ring (bicyclic) bond motifs is 1. The first-order chi connectivity index (χ1) is 23.4. The lowest BCUT2D eigenvalue weighted by molar-refractivity contribution is -0.137. The second kappa shape index (κ2) is 15.1. The maximum Gasteiger partial charge on any atom is 0.416 e. The molecule has 1 aliphatic rings. The van der Waals surface area contributed by atoms with E-state index in [4.69, 9.17) is 16.0 Å². The molecule has 4 aromatic rings. The van der Waals surface area contributed by atoms with E-state index in [0.29, 0.717) is 78.8 Å². The van der Waals surface area contributed by atoms with E-state index in [0.717, 1.165) is 12.1 Å². The summed E-state index contributed by atoms with van der Waals surface area (Å²) in [5, 5.41) is 19.7. The minimum Gasteiger partial charge on any atom is -0.504 e. The lowest BCUT2D eigenvalue weighted by atomic mass is 10.1. The van der Waals surface area contributed by atoms with Gasteiger partial charge in [0.1, 0.15) is 24.2 Å². The van der Waals surface area contributed by atoms with Crippen molar-refractivity contribution in [2.75, 3.05) is 38.3 Å². The van der Waals surface area contributed by atoms with Crippen LogP contribution in [0.25, 0.3) is 22.5 Å². The van der Waals surface area contributed by atoms with Crippen LogP contribution in [0.15, 0.2) is 68.4 Å². The third kappa shape index (κ3) is 8.23. The molecule has 0 bridgehead atoms. The van der Waals surface area contributed by atoms with Crippen LogP contribution < -0.4 is 21.1 Å². The van der Waals surface area contributed by atoms with Gasteiger partial charge in [-0.25, -0.2) is 19.6 Å². The maximum absolute atomic E-state index is 14.8.